The summed E-state index contributed by atoms with van der Waals surface area (Å²) in [5.41, 5.74) is 2.91. The van der Waals surface area contributed by atoms with Gasteiger partial charge in [0, 0.05) is 81.2 Å². The Morgan fingerprint density at radius 1 is 0.383 bits per heavy atom. The van der Waals surface area contributed by atoms with Crippen molar-refractivity contribution in [2.75, 3.05) is 0 Å². The Morgan fingerprint density at radius 2 is 0.550 bits per heavy atom. The first-order valence-electron chi connectivity index (χ1n) is 20.2. The van der Waals surface area contributed by atoms with Crippen LogP contribution >= 0.6 is 0 Å². The van der Waals surface area contributed by atoms with Gasteiger partial charge in [-0.15, -0.1) is 0 Å². The Bertz CT molecular complexity index is 1590. The maximum Gasteiger partial charge on any atom is 0.124 e. The second-order valence-electron chi connectivity index (χ2n) is 15.7. The van der Waals surface area contributed by atoms with Gasteiger partial charge in [-0.1, -0.05) is 116 Å². The summed E-state index contributed by atoms with van der Waals surface area (Å²) >= 11 is 0. The molecule has 6 rings (SSSR count). The number of rotatable bonds is 8. The molecule has 0 radical (unpaired) electrons. The molecule has 0 amide bonds. The number of aliphatic imine (C=N–C) groups is 4. The average molecular weight is 909 g/mol. The number of para-hydroxylation sites is 4. The molecule has 0 bridgehead atoms. The van der Waals surface area contributed by atoms with Crippen molar-refractivity contribution in [3.8, 4) is 23.0 Å². The molecular formula is C48H68Fe2N4O6. The van der Waals surface area contributed by atoms with Crippen LogP contribution in [0, 0.1) is 11.8 Å². The molecule has 2 saturated carbocycles. The summed E-state index contributed by atoms with van der Waals surface area (Å²) in [6, 6.07) is 29.2. The minimum atomic E-state index is 0. The summed E-state index contributed by atoms with van der Waals surface area (Å²) in [6.45, 7) is 13.0. The van der Waals surface area contributed by atoms with Crippen molar-refractivity contribution in [1.82, 2.24) is 0 Å². The zero-order valence-electron chi connectivity index (χ0n) is 36.0. The summed E-state index contributed by atoms with van der Waals surface area (Å²) in [6.07, 6.45) is 15.5. The molecule has 0 saturated heterocycles. The fourth-order valence-electron chi connectivity index (χ4n) is 5.97. The zero-order valence-corrected chi connectivity index (χ0v) is 38.2. The predicted molar refractivity (Wildman–Crippen MR) is 243 cm³/mol. The number of phenols is 4. The van der Waals surface area contributed by atoms with Gasteiger partial charge < -0.3 is 31.4 Å². The number of aromatic hydroxyl groups is 4. The molecule has 4 atom stereocenters. The van der Waals surface area contributed by atoms with Gasteiger partial charge in [-0.05, 0) is 86.1 Å². The smallest absolute Gasteiger partial charge is 0.124 e. The number of benzene rings is 4. The molecule has 0 aliphatic heterocycles. The van der Waals surface area contributed by atoms with Crippen LogP contribution in [-0.2, 0) is 34.1 Å². The fourth-order valence-corrected chi connectivity index (χ4v) is 5.97. The number of phenolic OH excluding ortho intramolecular Hbond substituents is 4. The topological polar surface area (TPSA) is 193 Å². The Labute approximate surface area is 379 Å². The molecular weight excluding hydrogens is 840 g/mol. The van der Waals surface area contributed by atoms with E-state index in [1.54, 1.807) is 73.4 Å². The van der Waals surface area contributed by atoms with Crippen LogP contribution < -0.4 is 0 Å². The molecule has 2 aliphatic rings. The van der Waals surface area contributed by atoms with Crippen LogP contribution in [-0.4, -0.2) is 80.4 Å². The van der Waals surface area contributed by atoms with E-state index in [-0.39, 0.29) is 92.3 Å². The maximum absolute atomic E-state index is 9.84. The van der Waals surface area contributed by atoms with E-state index in [0.29, 0.717) is 0 Å². The minimum Gasteiger partial charge on any atom is -0.507 e. The summed E-state index contributed by atoms with van der Waals surface area (Å²) in [5.74, 6) is 2.63. The van der Waals surface area contributed by atoms with Gasteiger partial charge in [-0.2, -0.15) is 0 Å². The maximum atomic E-state index is 9.84. The first-order chi connectivity index (χ1) is 26.9. The second kappa shape index (κ2) is 32.5. The molecule has 2 aliphatic carbocycles. The van der Waals surface area contributed by atoms with Crippen LogP contribution in [0.3, 0.4) is 0 Å². The quantitative estimate of drug-likeness (QED) is 0.101. The molecule has 8 N–H and O–H groups in total. The van der Waals surface area contributed by atoms with Gasteiger partial charge in [-0.25, -0.2) is 0 Å². The minimum absolute atomic E-state index is 0. The van der Waals surface area contributed by atoms with Crippen molar-refractivity contribution in [2.45, 2.75) is 117 Å². The molecule has 4 aromatic rings. The van der Waals surface area contributed by atoms with Crippen molar-refractivity contribution < 1.29 is 65.5 Å². The molecule has 10 nitrogen and oxygen atoms in total. The summed E-state index contributed by atoms with van der Waals surface area (Å²) in [4.78, 5) is 18.7. The Kier molecular flexibility index (Phi) is 31.3. The van der Waals surface area contributed by atoms with Crippen LogP contribution in [0.2, 0.25) is 0 Å². The van der Waals surface area contributed by atoms with E-state index >= 15 is 0 Å². The largest absolute Gasteiger partial charge is 0.507 e. The molecule has 332 valence electrons. The van der Waals surface area contributed by atoms with Crippen molar-refractivity contribution in [3.63, 3.8) is 0 Å². The van der Waals surface area contributed by atoms with E-state index in [2.05, 4.69) is 61.5 Å². The molecule has 0 aromatic heterocycles. The summed E-state index contributed by atoms with van der Waals surface area (Å²) in [7, 11) is 0. The van der Waals surface area contributed by atoms with Crippen LogP contribution in [0.4, 0.5) is 0 Å². The Morgan fingerprint density at radius 3 is 0.717 bits per heavy atom. The summed E-state index contributed by atoms with van der Waals surface area (Å²) < 4.78 is 0. The third kappa shape index (κ3) is 22.4. The van der Waals surface area contributed by atoms with E-state index < -0.39 is 0 Å². The third-order valence-corrected chi connectivity index (χ3v) is 8.76. The van der Waals surface area contributed by atoms with Gasteiger partial charge in [0.25, 0.3) is 0 Å². The van der Waals surface area contributed by atoms with Gasteiger partial charge in [0.15, 0.2) is 0 Å². The average Bonchev–Trinajstić information content (AvgIpc) is 3.17. The van der Waals surface area contributed by atoms with E-state index in [4.69, 9.17) is 0 Å². The number of nitrogens with zero attached hydrogens (tertiary/aromatic N) is 4. The van der Waals surface area contributed by atoms with E-state index in [1.807, 2.05) is 48.5 Å². The predicted octanol–water partition coefficient (Wildman–Crippen LogP) is 9.56. The molecule has 12 heteroatoms. The van der Waals surface area contributed by atoms with E-state index in [0.717, 1.165) is 85.5 Å². The molecule has 4 aromatic carbocycles. The van der Waals surface area contributed by atoms with Gasteiger partial charge in [0.1, 0.15) is 23.0 Å². The first kappa shape index (κ1) is 57.8. The summed E-state index contributed by atoms with van der Waals surface area (Å²) in [5, 5.41) is 39.4. The third-order valence-electron chi connectivity index (χ3n) is 8.76. The van der Waals surface area contributed by atoms with Crippen LogP contribution in [0.1, 0.15) is 115 Å². The molecule has 0 heterocycles. The number of hydrogen-bond acceptors (Lipinski definition) is 8. The fraction of sp³-hybridized carbons (Fsp3) is 0.417. The van der Waals surface area contributed by atoms with Crippen LogP contribution in [0.25, 0.3) is 0 Å². The Balaban J connectivity index is 0. The van der Waals surface area contributed by atoms with Gasteiger partial charge in [-0.3, -0.25) is 20.0 Å². The molecule has 0 spiro atoms. The first-order valence-corrected chi connectivity index (χ1v) is 20.2. The normalized spacial score (nSPS) is 18.4. The monoisotopic (exact) mass is 908 g/mol. The zero-order chi connectivity index (χ0) is 40.7. The SMILES string of the molecule is CC(C)C.CC(C)C.O.O.Oc1ccccc1C=N[C@H]1CCCC[C@@H]1N=Cc1ccccc1O.Oc1ccccc1C=N[C@H]1CCCC[C@@H]1N=Cc1ccccc1O.[Fe].[Fe]. The second-order valence-corrected chi connectivity index (χ2v) is 15.7. The van der Waals surface area contributed by atoms with E-state index in [9.17, 15) is 20.4 Å². The standard InChI is InChI=1S/2C20H22N2O2.2C4H10.2Fe.2H2O/c2*23-19-11-5-1-7-15(19)13-21-17-9-3-4-10-18(17)22-14-16-8-2-6-12-20(16)24;2*1-4(2)3;;;;/h2*1-2,5-8,11-14,17-18,23-24H,3-4,9-10H2;2*4H,1-3H3;;;2*1H2/t2*17-,18-;;;;;;/m00....../s1. The van der Waals surface area contributed by atoms with Gasteiger partial charge >= 0.3 is 0 Å². The van der Waals surface area contributed by atoms with Crippen molar-refractivity contribution in [2.24, 2.45) is 31.8 Å². The number of hydrogen-bond donors (Lipinski definition) is 4. The molecule has 60 heavy (non-hydrogen) atoms. The molecule has 0 unspecified atom stereocenters. The molecule has 2 fully saturated rings. The van der Waals surface area contributed by atoms with Gasteiger partial charge in [0.05, 0.1) is 24.2 Å². The Hall–Kier alpha value is -4.28. The van der Waals surface area contributed by atoms with Crippen LogP contribution in [0.5, 0.6) is 23.0 Å². The van der Waals surface area contributed by atoms with Crippen molar-refractivity contribution in [3.05, 3.63) is 119 Å². The van der Waals surface area contributed by atoms with E-state index in [1.165, 1.54) is 0 Å². The van der Waals surface area contributed by atoms with Crippen molar-refractivity contribution >= 4 is 24.9 Å². The van der Waals surface area contributed by atoms with Crippen molar-refractivity contribution in [1.29, 1.82) is 0 Å². The van der Waals surface area contributed by atoms with Gasteiger partial charge in [0.2, 0.25) is 0 Å². The van der Waals surface area contributed by atoms with Crippen LogP contribution in [0.15, 0.2) is 117 Å².